The Morgan fingerprint density at radius 3 is 2.70 bits per heavy atom. The van der Waals surface area contributed by atoms with Crippen molar-refractivity contribution in [2.75, 3.05) is 16.4 Å². The Bertz CT molecular complexity index is 661. The van der Waals surface area contributed by atoms with Crippen molar-refractivity contribution in [3.63, 3.8) is 0 Å². The first kappa shape index (κ1) is 18.3. The second-order valence-corrected chi connectivity index (χ2v) is 6.71. The smallest absolute Gasteiger partial charge is 0.550 e. The van der Waals surface area contributed by atoms with E-state index in [4.69, 9.17) is 0 Å². The van der Waals surface area contributed by atoms with Gasteiger partial charge in [-0.2, -0.15) is 0 Å². The number of anilines is 2. The zero-order valence-corrected chi connectivity index (χ0v) is 15.6. The van der Waals surface area contributed by atoms with Crippen LogP contribution >= 0.6 is 11.8 Å². The predicted octanol–water partition coefficient (Wildman–Crippen LogP) is -2.02. The summed E-state index contributed by atoms with van der Waals surface area (Å²) in [5, 5.41) is 16.7. The summed E-state index contributed by atoms with van der Waals surface area (Å²) in [6.45, 7) is 0. The van der Waals surface area contributed by atoms with Crippen LogP contribution in [0.2, 0.25) is 0 Å². The second-order valence-electron chi connectivity index (χ2n) is 5.69. The molecule has 0 saturated heterocycles. The van der Waals surface area contributed by atoms with Gasteiger partial charge in [0.2, 0.25) is 11.8 Å². The number of aliphatic carboxylic acids is 1. The predicted molar refractivity (Wildman–Crippen MR) is 80.3 cm³/mol. The normalized spacial score (nSPS) is 17.8. The minimum atomic E-state index is -1.14. The van der Waals surface area contributed by atoms with E-state index < -0.39 is 11.4 Å². The van der Waals surface area contributed by atoms with Gasteiger partial charge in [-0.25, -0.2) is 0 Å². The molecule has 1 fully saturated rings. The Morgan fingerprint density at radius 1 is 1.35 bits per heavy atom. The van der Waals surface area contributed by atoms with Gasteiger partial charge in [-0.1, -0.05) is 6.42 Å². The monoisotopic (exact) mass is 342 g/mol. The van der Waals surface area contributed by atoms with Crippen molar-refractivity contribution in [2.24, 2.45) is 5.41 Å². The van der Waals surface area contributed by atoms with Crippen LogP contribution in [0.25, 0.3) is 0 Å². The number of rotatable bonds is 4. The second kappa shape index (κ2) is 7.25. The molecule has 116 valence electrons. The first-order valence-corrected chi connectivity index (χ1v) is 8.05. The number of carboxylic acid groups (broad SMARTS) is 1. The van der Waals surface area contributed by atoms with Crippen molar-refractivity contribution >= 4 is 40.9 Å². The van der Waals surface area contributed by atoms with Gasteiger partial charge < -0.3 is 20.5 Å². The zero-order chi connectivity index (χ0) is 15.7. The molecule has 2 aliphatic rings. The number of hydrogen-bond acceptors (Lipinski definition) is 5. The fourth-order valence-corrected chi connectivity index (χ4v) is 3.57. The molecule has 0 atom stereocenters. The van der Waals surface area contributed by atoms with E-state index in [1.807, 2.05) is 0 Å². The summed E-state index contributed by atoms with van der Waals surface area (Å²) in [5.74, 6) is -1.17. The van der Waals surface area contributed by atoms with Crippen molar-refractivity contribution in [2.45, 2.75) is 30.6 Å². The first-order valence-electron chi connectivity index (χ1n) is 7.07. The maximum absolute atomic E-state index is 12.1. The number of nitrogens with one attached hydrogen (secondary N) is 2. The van der Waals surface area contributed by atoms with Crippen molar-refractivity contribution in [3.8, 4) is 0 Å². The number of carbonyl (C=O) groups excluding carboxylic acids is 3. The average Bonchev–Trinajstić information content (AvgIpc) is 2.42. The van der Waals surface area contributed by atoms with Crippen LogP contribution in [0, 0.1) is 5.41 Å². The molecule has 0 unspecified atom stereocenters. The van der Waals surface area contributed by atoms with Crippen LogP contribution in [0.5, 0.6) is 0 Å². The maximum atomic E-state index is 12.1. The SMILES string of the molecule is O=C(CC1(C(=O)[O-])CCC1)Nc1ccc2c(c1)SCC(=O)N2.[Na+]. The molecule has 3 rings (SSSR count). The van der Waals surface area contributed by atoms with E-state index in [0.29, 0.717) is 24.3 Å². The summed E-state index contributed by atoms with van der Waals surface area (Å²) < 4.78 is 0. The van der Waals surface area contributed by atoms with Gasteiger partial charge in [-0.3, -0.25) is 9.59 Å². The molecule has 6 nitrogen and oxygen atoms in total. The maximum Gasteiger partial charge on any atom is 1.00 e. The van der Waals surface area contributed by atoms with Gasteiger partial charge in [-0.05, 0) is 31.0 Å². The number of carbonyl (C=O) groups is 3. The topological polar surface area (TPSA) is 98.3 Å². The molecule has 1 aliphatic heterocycles. The van der Waals surface area contributed by atoms with E-state index in [1.165, 1.54) is 11.8 Å². The number of thioether (sulfide) groups is 1. The summed E-state index contributed by atoms with van der Waals surface area (Å²) in [7, 11) is 0. The fraction of sp³-hybridized carbons (Fsp3) is 0.400. The molecule has 23 heavy (non-hydrogen) atoms. The van der Waals surface area contributed by atoms with Gasteiger partial charge >= 0.3 is 29.6 Å². The third-order valence-corrected chi connectivity index (χ3v) is 5.20. The summed E-state index contributed by atoms with van der Waals surface area (Å²) in [5.41, 5.74) is 0.325. The number of benzene rings is 1. The molecule has 0 aromatic heterocycles. The van der Waals surface area contributed by atoms with Crippen molar-refractivity contribution in [1.29, 1.82) is 0 Å². The van der Waals surface area contributed by atoms with Crippen LogP contribution in [-0.4, -0.2) is 23.5 Å². The molecular weight excluding hydrogens is 327 g/mol. The quantitative estimate of drug-likeness (QED) is 0.616. The van der Waals surface area contributed by atoms with E-state index in [9.17, 15) is 19.5 Å². The van der Waals surface area contributed by atoms with Gasteiger partial charge in [0, 0.05) is 28.4 Å². The number of carboxylic acids is 1. The minimum absolute atomic E-state index is 0. The largest absolute Gasteiger partial charge is 1.00 e. The molecule has 1 aliphatic carbocycles. The molecule has 0 bridgehead atoms. The average molecular weight is 342 g/mol. The molecule has 1 saturated carbocycles. The molecule has 1 aromatic rings. The standard InChI is InChI=1S/C15H16N2O4S.Na/c18-12(7-15(14(20)21)4-1-5-15)16-9-2-3-10-11(6-9)22-8-13(19)17-10;/h2-3,6H,1,4-5,7-8H2,(H,16,18)(H,17,19)(H,20,21);/q;+1/p-1. The van der Waals surface area contributed by atoms with Gasteiger partial charge in [0.05, 0.1) is 11.4 Å². The summed E-state index contributed by atoms with van der Waals surface area (Å²) in [4.78, 5) is 35.4. The van der Waals surface area contributed by atoms with Gasteiger partial charge in [0.1, 0.15) is 0 Å². The van der Waals surface area contributed by atoms with Crippen molar-refractivity contribution in [3.05, 3.63) is 18.2 Å². The molecule has 8 heteroatoms. The molecular formula is C15H15N2NaO4S. The van der Waals surface area contributed by atoms with Crippen LogP contribution in [0.1, 0.15) is 25.7 Å². The van der Waals surface area contributed by atoms with Crippen LogP contribution < -0.4 is 45.3 Å². The third-order valence-electron chi connectivity index (χ3n) is 4.14. The van der Waals surface area contributed by atoms with E-state index in [0.717, 1.165) is 17.0 Å². The third kappa shape index (κ3) is 3.91. The van der Waals surface area contributed by atoms with E-state index in [1.54, 1.807) is 18.2 Å². The molecule has 0 radical (unpaired) electrons. The zero-order valence-electron chi connectivity index (χ0n) is 12.8. The summed E-state index contributed by atoms with van der Waals surface area (Å²) in [6, 6.07) is 5.20. The van der Waals surface area contributed by atoms with Gasteiger partial charge in [-0.15, -0.1) is 11.8 Å². The van der Waals surface area contributed by atoms with Gasteiger partial charge in [0.25, 0.3) is 0 Å². The Kier molecular flexibility index (Phi) is 5.78. The number of fused-ring (bicyclic) bond motifs is 1. The van der Waals surface area contributed by atoms with Crippen LogP contribution in [-0.2, 0) is 14.4 Å². The Balaban J connectivity index is 0.00000192. The van der Waals surface area contributed by atoms with Crippen LogP contribution in [0.4, 0.5) is 11.4 Å². The van der Waals surface area contributed by atoms with Crippen molar-refractivity contribution < 1.29 is 49.0 Å². The Morgan fingerprint density at radius 2 is 2.09 bits per heavy atom. The fourth-order valence-electron chi connectivity index (χ4n) is 2.72. The molecule has 1 aromatic carbocycles. The Labute approximate surface area is 160 Å². The van der Waals surface area contributed by atoms with Crippen molar-refractivity contribution in [1.82, 2.24) is 0 Å². The number of amides is 2. The molecule has 1 heterocycles. The minimum Gasteiger partial charge on any atom is -0.550 e. The first-order chi connectivity index (χ1) is 10.5. The van der Waals surface area contributed by atoms with Gasteiger partial charge in [0.15, 0.2) is 0 Å². The van der Waals surface area contributed by atoms with Crippen LogP contribution in [0.3, 0.4) is 0 Å². The van der Waals surface area contributed by atoms with E-state index >= 15 is 0 Å². The summed E-state index contributed by atoms with van der Waals surface area (Å²) in [6.07, 6.45) is 1.75. The van der Waals surface area contributed by atoms with E-state index in [-0.39, 0.29) is 47.8 Å². The molecule has 0 spiro atoms. The summed E-state index contributed by atoms with van der Waals surface area (Å²) >= 11 is 1.40. The Hall–Kier alpha value is -1.02. The van der Waals surface area contributed by atoms with Crippen LogP contribution in [0.15, 0.2) is 23.1 Å². The van der Waals surface area contributed by atoms with E-state index in [2.05, 4.69) is 10.6 Å². The number of hydrogen-bond donors (Lipinski definition) is 2. The molecule has 2 N–H and O–H groups in total. The molecule has 2 amide bonds.